The summed E-state index contributed by atoms with van der Waals surface area (Å²) < 4.78 is 1.89. The second kappa shape index (κ2) is 13.0. The molecule has 2 atom stereocenters. The molecule has 226 valence electrons. The lowest BCUT2D eigenvalue weighted by Crippen LogP contribution is -2.37. The fourth-order valence-corrected chi connectivity index (χ4v) is 6.86. The Labute approximate surface area is 262 Å². The highest BCUT2D eigenvalue weighted by molar-refractivity contribution is 7.11. The molecule has 1 saturated heterocycles. The minimum absolute atomic E-state index is 0.00668. The zero-order valence-electron chi connectivity index (χ0n) is 23.8. The number of carbonyl (C=O) groups is 3. The Balaban J connectivity index is 1.33. The van der Waals surface area contributed by atoms with E-state index in [-0.39, 0.29) is 41.8 Å². The van der Waals surface area contributed by atoms with Crippen LogP contribution in [0.15, 0.2) is 48.8 Å². The molecule has 0 radical (unpaired) electrons. The van der Waals surface area contributed by atoms with E-state index in [1.165, 1.54) is 11.3 Å². The van der Waals surface area contributed by atoms with E-state index in [4.69, 9.17) is 33.1 Å². The van der Waals surface area contributed by atoms with Gasteiger partial charge in [-0.05, 0) is 36.6 Å². The maximum atomic E-state index is 13.7. The number of fused-ring (bicyclic) bond motifs is 1. The smallest absolute Gasteiger partial charge is 0.303 e. The third-order valence-electron chi connectivity index (χ3n) is 7.71. The molecule has 0 spiro atoms. The predicted octanol–water partition coefficient (Wildman–Crippen LogP) is 5.59. The largest absolute Gasteiger partial charge is 0.481 e. The van der Waals surface area contributed by atoms with E-state index in [1.54, 1.807) is 41.6 Å². The lowest BCUT2D eigenvalue weighted by molar-refractivity contribution is -0.141. The SMILES string of the molecule is CON(C)[C@H]1C[C@@H](c2ncc(CCC(=O)O)s2)N(C(=O)Cc2cc(Cl)c(NC(=O)c3cn(C)c4ccccc34)cc2Cl)C1. The van der Waals surface area contributed by atoms with Gasteiger partial charge < -0.3 is 24.7 Å². The van der Waals surface area contributed by atoms with Gasteiger partial charge in [0.1, 0.15) is 5.01 Å². The number of rotatable bonds is 10. The number of anilines is 1. The molecule has 10 nitrogen and oxygen atoms in total. The molecule has 2 aromatic heterocycles. The highest BCUT2D eigenvalue weighted by atomic mass is 35.5. The molecule has 1 fully saturated rings. The van der Waals surface area contributed by atoms with E-state index in [9.17, 15) is 14.4 Å². The number of benzene rings is 2. The third kappa shape index (κ3) is 6.71. The first kappa shape index (κ1) is 31.0. The lowest BCUT2D eigenvalue weighted by Gasteiger charge is -2.24. The van der Waals surface area contributed by atoms with E-state index in [0.29, 0.717) is 41.2 Å². The van der Waals surface area contributed by atoms with Crippen molar-refractivity contribution in [2.75, 3.05) is 26.0 Å². The monoisotopic (exact) mass is 643 g/mol. The number of halogens is 2. The summed E-state index contributed by atoms with van der Waals surface area (Å²) in [6.45, 7) is 0.419. The maximum absolute atomic E-state index is 13.7. The Morgan fingerprint density at radius 2 is 1.98 bits per heavy atom. The van der Waals surface area contributed by atoms with Crippen molar-refractivity contribution < 1.29 is 24.3 Å². The summed E-state index contributed by atoms with van der Waals surface area (Å²) in [7, 11) is 5.27. The van der Waals surface area contributed by atoms with Crippen LogP contribution in [0.2, 0.25) is 10.0 Å². The summed E-state index contributed by atoms with van der Waals surface area (Å²) >= 11 is 14.6. The molecular weight excluding hydrogens is 613 g/mol. The topological polar surface area (TPSA) is 117 Å². The molecule has 5 rings (SSSR count). The molecule has 3 heterocycles. The number of thiazole rings is 1. The van der Waals surface area contributed by atoms with E-state index in [2.05, 4.69) is 10.3 Å². The zero-order valence-corrected chi connectivity index (χ0v) is 26.2. The molecule has 0 aliphatic carbocycles. The van der Waals surface area contributed by atoms with Crippen molar-refractivity contribution in [1.29, 1.82) is 0 Å². The quantitative estimate of drug-likeness (QED) is 0.216. The van der Waals surface area contributed by atoms with Gasteiger partial charge >= 0.3 is 5.97 Å². The molecule has 0 unspecified atom stereocenters. The number of hydrogen-bond acceptors (Lipinski definition) is 7. The normalized spacial score (nSPS) is 16.7. The number of para-hydroxylation sites is 1. The molecule has 0 saturated carbocycles. The number of hydroxylamine groups is 2. The van der Waals surface area contributed by atoms with E-state index < -0.39 is 5.97 Å². The lowest BCUT2D eigenvalue weighted by atomic mass is 10.1. The van der Waals surface area contributed by atoms with Crippen molar-refractivity contribution in [3.63, 3.8) is 0 Å². The van der Waals surface area contributed by atoms with Crippen molar-refractivity contribution in [1.82, 2.24) is 19.5 Å². The molecule has 1 aliphatic heterocycles. The van der Waals surface area contributed by atoms with Crippen molar-refractivity contribution in [2.45, 2.75) is 37.8 Å². The van der Waals surface area contributed by atoms with Crippen LogP contribution in [0.4, 0.5) is 5.69 Å². The van der Waals surface area contributed by atoms with Crippen LogP contribution in [0.3, 0.4) is 0 Å². The molecule has 2 aromatic carbocycles. The first-order valence-corrected chi connectivity index (χ1v) is 15.2. The number of aromatic nitrogens is 2. The number of aliphatic carboxylic acids is 1. The van der Waals surface area contributed by atoms with Crippen LogP contribution in [0.25, 0.3) is 10.9 Å². The van der Waals surface area contributed by atoms with Crippen molar-refractivity contribution in [3.05, 3.63) is 79.8 Å². The van der Waals surface area contributed by atoms with E-state index >= 15 is 0 Å². The van der Waals surface area contributed by atoms with Gasteiger partial charge in [-0.1, -0.05) is 41.4 Å². The number of carbonyl (C=O) groups excluding carboxylic acids is 2. The van der Waals surface area contributed by atoms with Crippen molar-refractivity contribution in [3.8, 4) is 0 Å². The van der Waals surface area contributed by atoms with Gasteiger partial charge in [-0.3, -0.25) is 14.4 Å². The van der Waals surface area contributed by atoms with Crippen LogP contribution in [0.1, 0.15) is 44.7 Å². The second-order valence-electron chi connectivity index (χ2n) is 10.5. The summed E-state index contributed by atoms with van der Waals surface area (Å²) in [6, 6.07) is 10.4. The first-order valence-electron chi connectivity index (χ1n) is 13.6. The Hall–Kier alpha value is -3.48. The molecule has 13 heteroatoms. The van der Waals surface area contributed by atoms with Gasteiger partial charge in [0.05, 0.1) is 48.3 Å². The Morgan fingerprint density at radius 1 is 1.21 bits per heavy atom. The molecular formula is C30H31Cl2N5O5S. The Kier molecular flexibility index (Phi) is 9.38. The van der Waals surface area contributed by atoms with Gasteiger partial charge in [0.25, 0.3) is 5.91 Å². The molecule has 43 heavy (non-hydrogen) atoms. The number of nitrogens with zero attached hydrogens (tertiary/aromatic N) is 4. The number of likely N-dealkylation sites (tertiary alicyclic amines) is 1. The predicted molar refractivity (Wildman–Crippen MR) is 167 cm³/mol. The van der Waals surface area contributed by atoms with Crippen LogP contribution in [-0.2, 0) is 34.3 Å². The Morgan fingerprint density at radius 3 is 2.72 bits per heavy atom. The van der Waals surface area contributed by atoms with Crippen LogP contribution >= 0.6 is 34.5 Å². The third-order valence-corrected chi connectivity index (χ3v) is 9.53. The average molecular weight is 645 g/mol. The summed E-state index contributed by atoms with van der Waals surface area (Å²) in [6.07, 6.45) is 4.44. The summed E-state index contributed by atoms with van der Waals surface area (Å²) in [5.41, 5.74) is 2.31. The van der Waals surface area contributed by atoms with E-state index in [1.807, 2.05) is 42.9 Å². The van der Waals surface area contributed by atoms with Gasteiger partial charge in [0, 0.05) is 53.8 Å². The fourth-order valence-electron chi connectivity index (χ4n) is 5.35. The van der Waals surface area contributed by atoms with Gasteiger partial charge in [-0.2, -0.15) is 5.06 Å². The van der Waals surface area contributed by atoms with E-state index in [0.717, 1.165) is 20.8 Å². The summed E-state index contributed by atoms with van der Waals surface area (Å²) in [4.78, 5) is 50.4. The Bertz CT molecular complexity index is 1690. The highest BCUT2D eigenvalue weighted by Crippen LogP contribution is 2.38. The first-order chi connectivity index (χ1) is 20.5. The van der Waals surface area contributed by atoms with Gasteiger partial charge in [0.2, 0.25) is 5.91 Å². The molecule has 1 aliphatic rings. The number of carboxylic acid groups (broad SMARTS) is 1. The number of amides is 2. The van der Waals surface area contributed by atoms with Gasteiger partial charge in [-0.25, -0.2) is 4.98 Å². The van der Waals surface area contributed by atoms with Gasteiger partial charge in [-0.15, -0.1) is 11.3 Å². The summed E-state index contributed by atoms with van der Waals surface area (Å²) in [5.74, 6) is -1.35. The van der Waals surface area contributed by atoms with Gasteiger partial charge in [0.15, 0.2) is 0 Å². The average Bonchev–Trinajstić information content (AvgIpc) is 3.71. The molecule has 2 amide bonds. The van der Waals surface area contributed by atoms with Crippen LogP contribution in [-0.4, -0.2) is 69.1 Å². The molecule has 4 aromatic rings. The van der Waals surface area contributed by atoms with Crippen LogP contribution < -0.4 is 5.32 Å². The molecule has 0 bridgehead atoms. The molecule has 2 N–H and O–H groups in total. The number of carboxylic acids is 1. The van der Waals surface area contributed by atoms with Crippen LogP contribution in [0, 0.1) is 0 Å². The maximum Gasteiger partial charge on any atom is 0.303 e. The van der Waals surface area contributed by atoms with Crippen molar-refractivity contribution in [2.24, 2.45) is 7.05 Å². The number of hydrogen-bond donors (Lipinski definition) is 2. The number of likely N-dealkylation sites (N-methyl/N-ethyl adjacent to an activating group) is 1. The highest BCUT2D eigenvalue weighted by Gasteiger charge is 2.40. The zero-order chi connectivity index (χ0) is 30.8. The number of aryl methyl sites for hydroxylation is 2. The number of nitrogens with one attached hydrogen (secondary N) is 1. The standard InChI is InChI=1S/C30H31Cl2N5O5S/c1-35-16-21(20-6-4-5-7-25(20)35)29(41)34-24-13-22(31)17(10-23(24)32)11-27(38)37-15-18(36(2)42-3)12-26(37)30-33-14-19(43-30)8-9-28(39)40/h4-7,10,13-14,16,18,26H,8-9,11-12,15H2,1-3H3,(H,34,41)(H,39,40)/t18-,26-/m0/s1. The minimum atomic E-state index is -0.871. The minimum Gasteiger partial charge on any atom is -0.481 e. The van der Waals surface area contributed by atoms with Crippen LogP contribution in [0.5, 0.6) is 0 Å². The van der Waals surface area contributed by atoms with Crippen molar-refractivity contribution >= 4 is 68.9 Å². The fraction of sp³-hybridized carbons (Fsp3) is 0.333. The summed E-state index contributed by atoms with van der Waals surface area (Å²) in [5, 5.41) is 15.7. The second-order valence-corrected chi connectivity index (χ2v) is 12.4.